The summed E-state index contributed by atoms with van der Waals surface area (Å²) in [7, 11) is -1.30. The molecule has 1 fully saturated rings. The van der Waals surface area contributed by atoms with E-state index in [9.17, 15) is 8.42 Å². The molecule has 2 aromatic heterocycles. The largest absolute Gasteiger partial charge is 0.351 e. The van der Waals surface area contributed by atoms with Gasteiger partial charge in [0.15, 0.2) is 0 Å². The zero-order valence-electron chi connectivity index (χ0n) is 19.6. The fourth-order valence-electron chi connectivity index (χ4n) is 4.01. The van der Waals surface area contributed by atoms with Crippen molar-refractivity contribution in [2.45, 2.75) is 32.4 Å². The number of hydrogen-bond donors (Lipinski definition) is 2. The van der Waals surface area contributed by atoms with Gasteiger partial charge >= 0.3 is 0 Å². The van der Waals surface area contributed by atoms with Crippen molar-refractivity contribution in [2.24, 2.45) is 0 Å². The topological polar surface area (TPSA) is 109 Å². The molecule has 10 nitrogen and oxygen atoms in total. The minimum Gasteiger partial charge on any atom is -0.351 e. The lowest BCUT2D eigenvalue weighted by Crippen LogP contribution is -2.43. The molecule has 0 saturated carbocycles. The van der Waals surface area contributed by atoms with Gasteiger partial charge in [-0.3, -0.25) is 0 Å². The van der Waals surface area contributed by atoms with Gasteiger partial charge in [-0.05, 0) is 44.5 Å². The summed E-state index contributed by atoms with van der Waals surface area (Å²) in [6.07, 6.45) is 6.23. The lowest BCUT2D eigenvalue weighted by atomic mass is 10.1. The number of anilines is 1. The van der Waals surface area contributed by atoms with E-state index in [1.807, 2.05) is 25.2 Å². The number of halogens is 1. The molecule has 0 bridgehead atoms. The molecule has 4 rings (SSSR count). The van der Waals surface area contributed by atoms with Crippen molar-refractivity contribution in [3.05, 3.63) is 58.8 Å². The fraction of sp³-hybridized carbons (Fsp3) is 0.391. The maximum atomic E-state index is 12.1. The minimum absolute atomic E-state index is 0.0441. The Labute approximate surface area is 210 Å². The maximum Gasteiger partial charge on any atom is 0.231 e. The normalized spacial score (nSPS) is 15.1. The van der Waals surface area contributed by atoms with Crippen molar-refractivity contribution < 1.29 is 8.42 Å². The number of sulfonamides is 1. The van der Waals surface area contributed by atoms with Gasteiger partial charge in [-0.2, -0.15) is 5.10 Å². The van der Waals surface area contributed by atoms with Gasteiger partial charge in [0.25, 0.3) is 0 Å². The van der Waals surface area contributed by atoms with Crippen LogP contribution >= 0.6 is 11.6 Å². The monoisotopic (exact) mass is 514 g/mol. The van der Waals surface area contributed by atoms with Gasteiger partial charge in [0.05, 0.1) is 34.9 Å². The van der Waals surface area contributed by atoms with E-state index in [-0.39, 0.29) is 11.8 Å². The van der Waals surface area contributed by atoms with Crippen LogP contribution in [0.25, 0.3) is 21.8 Å². The highest BCUT2D eigenvalue weighted by Crippen LogP contribution is 2.31. The van der Waals surface area contributed by atoms with E-state index in [4.69, 9.17) is 18.2 Å². The highest BCUT2D eigenvalue weighted by molar-refractivity contribution is 7.89. The van der Waals surface area contributed by atoms with Gasteiger partial charge in [0.2, 0.25) is 21.7 Å². The highest BCUT2D eigenvalue weighted by atomic mass is 35.5. The first-order valence-electron chi connectivity index (χ1n) is 11.3. The molecule has 184 valence electrons. The van der Waals surface area contributed by atoms with Crippen molar-refractivity contribution in [1.82, 2.24) is 29.4 Å². The van der Waals surface area contributed by atoms with E-state index in [2.05, 4.69) is 30.5 Å². The van der Waals surface area contributed by atoms with E-state index >= 15 is 0 Å². The van der Waals surface area contributed by atoms with Crippen LogP contribution in [0.4, 0.5) is 11.6 Å². The maximum absolute atomic E-state index is 12.1. The summed E-state index contributed by atoms with van der Waals surface area (Å²) in [6, 6.07) is 5.82. The van der Waals surface area contributed by atoms with Crippen LogP contribution in [-0.2, 0) is 16.6 Å². The Morgan fingerprint density at radius 2 is 2.03 bits per heavy atom. The summed E-state index contributed by atoms with van der Waals surface area (Å²) < 4.78 is 27.4. The van der Waals surface area contributed by atoms with Crippen LogP contribution < -0.4 is 10.6 Å². The third-order valence-electron chi connectivity index (χ3n) is 5.93. The molecule has 2 N–H and O–H groups in total. The first-order chi connectivity index (χ1) is 16.8. The van der Waals surface area contributed by atoms with Crippen LogP contribution in [-0.4, -0.2) is 64.4 Å². The van der Waals surface area contributed by atoms with Gasteiger partial charge in [0, 0.05) is 43.6 Å². The first kappa shape index (κ1) is 25.1. The second kappa shape index (κ2) is 10.7. The molecule has 0 unspecified atom stereocenters. The zero-order chi connectivity index (χ0) is 25.0. The van der Waals surface area contributed by atoms with Crippen LogP contribution in [0.5, 0.6) is 0 Å². The third-order valence-corrected chi connectivity index (χ3v) is 8.12. The quantitative estimate of drug-likeness (QED) is 0.443. The van der Waals surface area contributed by atoms with E-state index in [0.29, 0.717) is 60.4 Å². The standard InChI is InChI=1S/C23H27ClN8O2S/c1-4-35(33,34)31-9-7-18(8-10-31)29-23-27-14-20(26-3)22(30-23)17-13-28-32(15-17)21-6-5-16(12-25-2)11-19(21)24/h5-6,11,13-15,18,25H,4,7-10,12H2,1-2H3,(H,27,29,30). The molecule has 1 aliphatic rings. The van der Waals surface area contributed by atoms with Crippen LogP contribution in [0.1, 0.15) is 25.3 Å². The van der Waals surface area contributed by atoms with E-state index in [1.165, 1.54) is 10.5 Å². The summed E-state index contributed by atoms with van der Waals surface area (Å²) in [5.41, 5.74) is 3.24. The van der Waals surface area contributed by atoms with Crippen molar-refractivity contribution in [3.63, 3.8) is 0 Å². The molecule has 0 atom stereocenters. The Hall–Kier alpha value is -3.04. The summed E-state index contributed by atoms with van der Waals surface area (Å²) in [5, 5.41) is 11.4. The number of nitrogens with zero attached hydrogens (tertiary/aromatic N) is 6. The predicted octanol–water partition coefficient (Wildman–Crippen LogP) is 3.48. The fourth-order valence-corrected chi connectivity index (χ4v) is 5.43. The molecule has 1 aliphatic heterocycles. The molecule has 0 radical (unpaired) electrons. The van der Waals surface area contributed by atoms with E-state index < -0.39 is 10.0 Å². The van der Waals surface area contributed by atoms with Crippen LogP contribution in [0.3, 0.4) is 0 Å². The number of rotatable bonds is 8. The average Bonchev–Trinajstić information content (AvgIpc) is 3.34. The molecule has 12 heteroatoms. The van der Waals surface area contributed by atoms with E-state index in [0.717, 1.165) is 11.3 Å². The van der Waals surface area contributed by atoms with Gasteiger partial charge < -0.3 is 10.6 Å². The first-order valence-corrected chi connectivity index (χ1v) is 13.3. The third kappa shape index (κ3) is 5.62. The van der Waals surface area contributed by atoms with Crippen LogP contribution in [0.15, 0.2) is 36.8 Å². The molecule has 1 saturated heterocycles. The molecule has 3 heterocycles. The van der Waals surface area contributed by atoms with Crippen LogP contribution in [0.2, 0.25) is 5.02 Å². The molecule has 1 aromatic carbocycles. The molecule has 0 aliphatic carbocycles. The molecule has 3 aromatic rings. The Bertz CT molecular complexity index is 1340. The van der Waals surface area contributed by atoms with E-state index in [1.54, 1.807) is 24.0 Å². The summed E-state index contributed by atoms with van der Waals surface area (Å²) >= 11 is 6.48. The Kier molecular flexibility index (Phi) is 7.66. The summed E-state index contributed by atoms with van der Waals surface area (Å²) in [4.78, 5) is 12.5. The summed E-state index contributed by atoms with van der Waals surface area (Å²) in [5.74, 6) is 0.501. The number of piperidine rings is 1. The second-order valence-electron chi connectivity index (χ2n) is 8.25. The van der Waals surface area contributed by atoms with Crippen molar-refractivity contribution in [3.8, 4) is 16.9 Å². The molecular weight excluding hydrogens is 488 g/mol. The number of hydrogen-bond acceptors (Lipinski definition) is 7. The van der Waals surface area contributed by atoms with Gasteiger partial charge in [0.1, 0.15) is 0 Å². The number of benzene rings is 1. The van der Waals surface area contributed by atoms with Gasteiger partial charge in [-0.15, -0.1) is 0 Å². The lowest BCUT2D eigenvalue weighted by Gasteiger charge is -2.31. The average molecular weight is 515 g/mol. The van der Waals surface area contributed by atoms with Crippen LogP contribution in [0, 0.1) is 6.57 Å². The smallest absolute Gasteiger partial charge is 0.231 e. The van der Waals surface area contributed by atoms with Crippen molar-refractivity contribution in [1.29, 1.82) is 0 Å². The van der Waals surface area contributed by atoms with Crippen molar-refractivity contribution in [2.75, 3.05) is 31.2 Å². The Morgan fingerprint density at radius 3 is 2.69 bits per heavy atom. The molecule has 0 amide bonds. The SMILES string of the molecule is [C-]#[N+]c1cnc(NC2CCN(S(=O)(=O)CC)CC2)nc1-c1cnn(-c2ccc(CNC)cc2Cl)c1. The molecule has 0 spiro atoms. The number of nitrogens with one attached hydrogen (secondary N) is 2. The highest BCUT2D eigenvalue weighted by Gasteiger charge is 2.27. The lowest BCUT2D eigenvalue weighted by molar-refractivity contribution is 0.329. The molecule has 35 heavy (non-hydrogen) atoms. The molecular formula is C23H27ClN8O2S. The Morgan fingerprint density at radius 1 is 1.26 bits per heavy atom. The number of aromatic nitrogens is 4. The Balaban J connectivity index is 1.53. The minimum atomic E-state index is -3.18. The van der Waals surface area contributed by atoms with Gasteiger partial charge in [-0.25, -0.2) is 32.2 Å². The van der Waals surface area contributed by atoms with Crippen molar-refractivity contribution >= 4 is 33.3 Å². The second-order valence-corrected chi connectivity index (χ2v) is 10.9. The zero-order valence-corrected chi connectivity index (χ0v) is 21.1. The van der Waals surface area contributed by atoms with Gasteiger partial charge in [-0.1, -0.05) is 17.7 Å². The predicted molar refractivity (Wildman–Crippen MR) is 136 cm³/mol. The summed E-state index contributed by atoms with van der Waals surface area (Å²) in [6.45, 7) is 10.8.